The smallest absolute Gasteiger partial charge is 0.222 e. The first-order chi connectivity index (χ1) is 11.4. The largest absolute Gasteiger partial charge is 0.388 e. The Labute approximate surface area is 147 Å². The summed E-state index contributed by atoms with van der Waals surface area (Å²) < 4.78 is 1.23. The summed E-state index contributed by atoms with van der Waals surface area (Å²) in [4.78, 5) is 19.0. The zero-order chi connectivity index (χ0) is 17.2. The van der Waals surface area contributed by atoms with Gasteiger partial charge in [-0.1, -0.05) is 12.1 Å². The van der Waals surface area contributed by atoms with Crippen molar-refractivity contribution in [3.8, 4) is 0 Å². The maximum atomic E-state index is 12.5. The van der Waals surface area contributed by atoms with Crippen molar-refractivity contribution in [1.82, 2.24) is 9.88 Å². The van der Waals surface area contributed by atoms with E-state index in [0.717, 1.165) is 49.2 Å². The first-order valence-corrected chi connectivity index (χ1v) is 9.63. The van der Waals surface area contributed by atoms with E-state index in [9.17, 15) is 9.90 Å². The third-order valence-electron chi connectivity index (χ3n) is 4.76. The van der Waals surface area contributed by atoms with Crippen molar-refractivity contribution >= 4 is 27.5 Å². The van der Waals surface area contributed by atoms with Crippen molar-refractivity contribution < 1.29 is 9.90 Å². The normalized spacial score (nSPS) is 18.5. The molecule has 1 unspecified atom stereocenters. The number of carbonyl (C=O) groups is 1. The Hall–Kier alpha value is -1.46. The van der Waals surface area contributed by atoms with E-state index < -0.39 is 5.60 Å². The Balaban J connectivity index is 1.47. The average Bonchev–Trinajstić information content (AvgIpc) is 3.16. The number of thiazole rings is 1. The number of amides is 1. The number of para-hydroxylation sites is 1. The highest BCUT2D eigenvalue weighted by atomic mass is 32.1. The number of unbranched alkanes of at least 4 members (excludes halogenated alkanes) is 1. The molecule has 1 aromatic heterocycles. The third-order valence-corrected chi connectivity index (χ3v) is 5.85. The highest BCUT2D eigenvalue weighted by molar-refractivity contribution is 7.18. The van der Waals surface area contributed by atoms with Crippen LogP contribution < -0.4 is 0 Å². The first-order valence-electron chi connectivity index (χ1n) is 8.81. The molecule has 0 radical (unpaired) electrons. The minimum Gasteiger partial charge on any atom is -0.388 e. The van der Waals surface area contributed by atoms with Gasteiger partial charge in [0.1, 0.15) is 0 Å². The van der Waals surface area contributed by atoms with Crippen molar-refractivity contribution in [3.05, 3.63) is 29.3 Å². The fourth-order valence-electron chi connectivity index (χ4n) is 3.52. The number of aromatic nitrogens is 1. The molecule has 0 spiro atoms. The number of carbonyl (C=O) groups excluding carboxylic acids is 1. The second-order valence-corrected chi connectivity index (χ2v) is 8.30. The van der Waals surface area contributed by atoms with Crippen LogP contribution in [0.2, 0.25) is 0 Å². The second-order valence-electron chi connectivity index (χ2n) is 7.18. The van der Waals surface area contributed by atoms with E-state index in [2.05, 4.69) is 11.1 Å². The van der Waals surface area contributed by atoms with Gasteiger partial charge in [0.2, 0.25) is 5.91 Å². The van der Waals surface area contributed by atoms with Crippen LogP contribution in [0.1, 0.15) is 51.0 Å². The van der Waals surface area contributed by atoms with Crippen molar-refractivity contribution in [2.45, 2.75) is 64.0 Å². The summed E-state index contributed by atoms with van der Waals surface area (Å²) in [5, 5.41) is 11.4. The van der Waals surface area contributed by atoms with Crippen LogP contribution in [0.25, 0.3) is 10.2 Å². The van der Waals surface area contributed by atoms with E-state index in [1.807, 2.05) is 23.1 Å². The lowest BCUT2D eigenvalue weighted by atomic mass is 9.96. The van der Waals surface area contributed by atoms with Crippen molar-refractivity contribution in [2.75, 3.05) is 6.54 Å². The third kappa shape index (κ3) is 3.95. The Bertz CT molecular complexity index is 672. The van der Waals surface area contributed by atoms with Crippen LogP contribution in [-0.2, 0) is 11.2 Å². The molecule has 1 aromatic carbocycles. The van der Waals surface area contributed by atoms with Gasteiger partial charge in [0, 0.05) is 13.0 Å². The molecule has 1 N–H and O–H groups in total. The summed E-state index contributed by atoms with van der Waals surface area (Å²) in [6, 6.07) is 8.17. The van der Waals surface area contributed by atoms with Gasteiger partial charge in [-0.05, 0) is 58.1 Å². The summed E-state index contributed by atoms with van der Waals surface area (Å²) in [5.74, 6) is 0.184. The first kappa shape index (κ1) is 17.4. The summed E-state index contributed by atoms with van der Waals surface area (Å²) in [7, 11) is 0. The van der Waals surface area contributed by atoms with Crippen LogP contribution in [0.3, 0.4) is 0 Å². The number of aliphatic hydroxyl groups is 1. The molecule has 1 aliphatic heterocycles. The highest BCUT2D eigenvalue weighted by Crippen LogP contribution is 2.28. The lowest BCUT2D eigenvalue weighted by Gasteiger charge is -2.33. The van der Waals surface area contributed by atoms with Crippen LogP contribution >= 0.6 is 11.3 Å². The monoisotopic (exact) mass is 346 g/mol. The molecule has 1 fully saturated rings. The number of benzene rings is 1. The summed E-state index contributed by atoms with van der Waals surface area (Å²) in [5.41, 5.74) is 0.256. The number of fused-ring (bicyclic) bond motifs is 1. The molecule has 4 nitrogen and oxygen atoms in total. The van der Waals surface area contributed by atoms with Gasteiger partial charge in [0.25, 0.3) is 0 Å². The molecule has 130 valence electrons. The van der Waals surface area contributed by atoms with Crippen molar-refractivity contribution in [3.63, 3.8) is 0 Å². The molecule has 1 saturated heterocycles. The topological polar surface area (TPSA) is 53.4 Å². The van der Waals surface area contributed by atoms with Gasteiger partial charge in [0.05, 0.1) is 26.9 Å². The van der Waals surface area contributed by atoms with Gasteiger partial charge in [-0.25, -0.2) is 4.98 Å². The molecular formula is C19H26N2O2S. The average molecular weight is 346 g/mol. The molecule has 3 rings (SSSR count). The maximum Gasteiger partial charge on any atom is 0.222 e. The quantitative estimate of drug-likeness (QED) is 0.810. The summed E-state index contributed by atoms with van der Waals surface area (Å²) in [6.07, 6.45) is 5.25. The highest BCUT2D eigenvalue weighted by Gasteiger charge is 2.37. The van der Waals surface area contributed by atoms with Crippen LogP contribution in [0.15, 0.2) is 24.3 Å². The van der Waals surface area contributed by atoms with E-state index in [4.69, 9.17) is 0 Å². The maximum absolute atomic E-state index is 12.5. The van der Waals surface area contributed by atoms with Crippen LogP contribution in [0.4, 0.5) is 0 Å². The van der Waals surface area contributed by atoms with Crippen LogP contribution in [0.5, 0.6) is 0 Å². The standard InChI is InChI=1S/C19H26N2O2S/c1-19(2,23)16-10-7-13-21(16)18(22)12-6-5-11-17-20-14-8-3-4-9-15(14)24-17/h3-4,8-9,16,23H,5-7,10-13H2,1-2H3. The van der Waals surface area contributed by atoms with E-state index in [-0.39, 0.29) is 11.9 Å². The Kier molecular flexibility index (Phi) is 5.21. The molecule has 5 heteroatoms. The SMILES string of the molecule is CC(C)(O)C1CCCN1C(=O)CCCCc1nc2ccccc2s1. The fourth-order valence-corrected chi connectivity index (χ4v) is 4.53. The molecule has 1 aliphatic rings. The van der Waals surface area contributed by atoms with Crippen molar-refractivity contribution in [2.24, 2.45) is 0 Å². The number of likely N-dealkylation sites (tertiary alicyclic amines) is 1. The minimum absolute atomic E-state index is 0.0331. The number of hydrogen-bond donors (Lipinski definition) is 1. The molecule has 2 heterocycles. The van der Waals surface area contributed by atoms with E-state index >= 15 is 0 Å². The van der Waals surface area contributed by atoms with Crippen LogP contribution in [-0.4, -0.2) is 39.1 Å². The zero-order valence-electron chi connectivity index (χ0n) is 14.5. The van der Waals surface area contributed by atoms with Gasteiger partial charge >= 0.3 is 0 Å². The van der Waals surface area contributed by atoms with E-state index in [0.29, 0.717) is 6.42 Å². The molecule has 24 heavy (non-hydrogen) atoms. The second kappa shape index (κ2) is 7.19. The van der Waals surface area contributed by atoms with Gasteiger partial charge in [-0.15, -0.1) is 11.3 Å². The predicted octanol–water partition coefficient (Wildman–Crippen LogP) is 3.77. The molecule has 0 bridgehead atoms. The van der Waals surface area contributed by atoms with E-state index in [1.165, 1.54) is 4.70 Å². The fraction of sp³-hybridized carbons (Fsp3) is 0.579. The lowest BCUT2D eigenvalue weighted by Crippen LogP contribution is -2.48. The molecule has 2 aromatic rings. The minimum atomic E-state index is -0.812. The Morgan fingerprint density at radius 3 is 2.92 bits per heavy atom. The van der Waals surface area contributed by atoms with Gasteiger partial charge in [-0.2, -0.15) is 0 Å². The van der Waals surface area contributed by atoms with Gasteiger partial charge in [-0.3, -0.25) is 4.79 Å². The van der Waals surface area contributed by atoms with Gasteiger partial charge < -0.3 is 10.0 Å². The number of rotatable bonds is 6. The van der Waals surface area contributed by atoms with Crippen LogP contribution in [0, 0.1) is 0 Å². The predicted molar refractivity (Wildman–Crippen MR) is 98.2 cm³/mol. The number of hydrogen-bond acceptors (Lipinski definition) is 4. The number of nitrogens with zero attached hydrogens (tertiary/aromatic N) is 2. The zero-order valence-corrected chi connectivity index (χ0v) is 15.3. The lowest BCUT2D eigenvalue weighted by molar-refractivity contribution is -0.136. The number of aryl methyl sites for hydroxylation is 1. The molecule has 0 saturated carbocycles. The molecule has 1 amide bonds. The van der Waals surface area contributed by atoms with E-state index in [1.54, 1.807) is 25.2 Å². The Morgan fingerprint density at radius 2 is 2.17 bits per heavy atom. The molecular weight excluding hydrogens is 320 g/mol. The Morgan fingerprint density at radius 1 is 1.38 bits per heavy atom. The molecule has 1 atom stereocenters. The summed E-state index contributed by atoms with van der Waals surface area (Å²) >= 11 is 1.75. The van der Waals surface area contributed by atoms with Crippen molar-refractivity contribution in [1.29, 1.82) is 0 Å². The summed E-state index contributed by atoms with van der Waals surface area (Å²) in [6.45, 7) is 4.39. The van der Waals surface area contributed by atoms with Gasteiger partial charge in [0.15, 0.2) is 0 Å². The molecule has 0 aliphatic carbocycles.